The monoisotopic (exact) mass is 409 g/mol. The summed E-state index contributed by atoms with van der Waals surface area (Å²) in [5.41, 5.74) is 1.46. The Bertz CT molecular complexity index is 1050. The molecular weight excluding hydrogens is 390 g/mol. The number of benzene rings is 1. The zero-order valence-electron chi connectivity index (χ0n) is 15.0. The van der Waals surface area contributed by atoms with E-state index >= 15 is 0 Å². The molecule has 0 saturated heterocycles. The number of hydrogen-bond donors (Lipinski definition) is 1. The standard InChI is InChI=1S/C18H20ClN3O4S/c1-3-26-16-5-4-10-22-12-14(21-18(16)22)8-9-20-27(23,24)17-11-13(19)6-7-15(17)25-2/h4-7,10-12,20H,3,8-9H2,1-2H3. The van der Waals surface area contributed by atoms with Crippen molar-refractivity contribution >= 4 is 27.3 Å². The normalized spacial score (nSPS) is 11.7. The Morgan fingerprint density at radius 1 is 1.26 bits per heavy atom. The minimum atomic E-state index is -3.76. The van der Waals surface area contributed by atoms with Gasteiger partial charge in [0.15, 0.2) is 11.4 Å². The molecule has 9 heteroatoms. The lowest BCUT2D eigenvalue weighted by Crippen LogP contribution is -2.26. The van der Waals surface area contributed by atoms with E-state index in [1.54, 1.807) is 6.07 Å². The van der Waals surface area contributed by atoms with Crippen LogP contribution in [0.2, 0.25) is 5.02 Å². The molecule has 0 aliphatic carbocycles. The van der Waals surface area contributed by atoms with E-state index in [4.69, 9.17) is 21.1 Å². The number of ether oxygens (including phenoxy) is 2. The summed E-state index contributed by atoms with van der Waals surface area (Å²) in [5.74, 6) is 0.927. The molecule has 27 heavy (non-hydrogen) atoms. The Morgan fingerprint density at radius 3 is 2.81 bits per heavy atom. The van der Waals surface area contributed by atoms with Crippen LogP contribution >= 0.6 is 11.6 Å². The fourth-order valence-corrected chi connectivity index (χ4v) is 4.14. The van der Waals surface area contributed by atoms with Gasteiger partial charge in [0, 0.05) is 30.4 Å². The minimum Gasteiger partial charge on any atom is -0.495 e. The Labute approximate surface area is 162 Å². The molecule has 0 fully saturated rings. The SMILES string of the molecule is CCOc1cccn2cc(CCNS(=O)(=O)c3cc(Cl)ccc3OC)nc12. The summed E-state index contributed by atoms with van der Waals surface area (Å²) in [6, 6.07) is 8.18. The van der Waals surface area contributed by atoms with Gasteiger partial charge in [-0.1, -0.05) is 11.6 Å². The molecule has 1 aromatic carbocycles. The second-order valence-corrected chi connectivity index (χ2v) is 7.88. The number of aromatic nitrogens is 2. The second-order valence-electron chi connectivity index (χ2n) is 5.71. The van der Waals surface area contributed by atoms with E-state index in [1.165, 1.54) is 19.2 Å². The molecule has 0 unspecified atom stereocenters. The summed E-state index contributed by atoms with van der Waals surface area (Å²) < 4.78 is 40.2. The molecule has 3 aromatic rings. The van der Waals surface area contributed by atoms with E-state index in [0.29, 0.717) is 29.4 Å². The second kappa shape index (κ2) is 8.16. The Kier molecular flexibility index (Phi) is 5.88. The number of hydrogen-bond acceptors (Lipinski definition) is 5. The first-order chi connectivity index (χ1) is 12.9. The molecule has 1 N–H and O–H groups in total. The predicted octanol–water partition coefficient (Wildman–Crippen LogP) is 2.92. The van der Waals surface area contributed by atoms with Crippen LogP contribution in [0.25, 0.3) is 5.65 Å². The van der Waals surface area contributed by atoms with Crippen LogP contribution in [0.5, 0.6) is 11.5 Å². The summed E-state index contributed by atoms with van der Waals surface area (Å²) in [7, 11) is -2.35. The maximum atomic E-state index is 12.6. The molecule has 144 valence electrons. The van der Waals surface area contributed by atoms with Gasteiger partial charge in [-0.15, -0.1) is 0 Å². The van der Waals surface area contributed by atoms with Crippen molar-refractivity contribution in [3.8, 4) is 11.5 Å². The quantitative estimate of drug-likeness (QED) is 0.618. The minimum absolute atomic E-state index is 0.00568. The third kappa shape index (κ3) is 4.35. The zero-order chi connectivity index (χ0) is 19.4. The van der Waals surface area contributed by atoms with Crippen LogP contribution in [0, 0.1) is 0 Å². The topological polar surface area (TPSA) is 81.9 Å². The molecule has 0 atom stereocenters. The van der Waals surface area contributed by atoms with Crippen molar-refractivity contribution in [1.29, 1.82) is 0 Å². The number of sulfonamides is 1. The van der Waals surface area contributed by atoms with Crippen LogP contribution in [-0.4, -0.2) is 38.1 Å². The average molecular weight is 410 g/mol. The van der Waals surface area contributed by atoms with Crippen LogP contribution in [0.3, 0.4) is 0 Å². The number of pyridine rings is 1. The fourth-order valence-electron chi connectivity index (χ4n) is 2.68. The van der Waals surface area contributed by atoms with Gasteiger partial charge in [-0.2, -0.15) is 0 Å². The van der Waals surface area contributed by atoms with Crippen LogP contribution in [0.15, 0.2) is 47.6 Å². The number of imidazole rings is 1. The van der Waals surface area contributed by atoms with Gasteiger partial charge in [0.25, 0.3) is 0 Å². The van der Waals surface area contributed by atoms with Gasteiger partial charge in [0.1, 0.15) is 10.6 Å². The van der Waals surface area contributed by atoms with E-state index < -0.39 is 10.0 Å². The molecule has 0 radical (unpaired) electrons. The summed E-state index contributed by atoms with van der Waals surface area (Å²) in [6.07, 6.45) is 4.15. The molecule has 0 aliphatic rings. The highest BCUT2D eigenvalue weighted by Crippen LogP contribution is 2.26. The van der Waals surface area contributed by atoms with Gasteiger partial charge < -0.3 is 13.9 Å². The lowest BCUT2D eigenvalue weighted by Gasteiger charge is -2.10. The summed E-state index contributed by atoms with van der Waals surface area (Å²) in [6.45, 7) is 2.64. The van der Waals surface area contributed by atoms with Crippen molar-refractivity contribution in [2.75, 3.05) is 20.3 Å². The maximum absolute atomic E-state index is 12.6. The lowest BCUT2D eigenvalue weighted by atomic mass is 10.3. The van der Waals surface area contributed by atoms with E-state index in [2.05, 4.69) is 9.71 Å². The van der Waals surface area contributed by atoms with E-state index in [9.17, 15) is 8.42 Å². The molecule has 3 rings (SSSR count). The van der Waals surface area contributed by atoms with E-state index in [1.807, 2.05) is 35.9 Å². The molecular formula is C18H20ClN3O4S. The number of rotatable bonds is 8. The number of fused-ring (bicyclic) bond motifs is 1. The number of nitrogens with one attached hydrogen (secondary N) is 1. The van der Waals surface area contributed by atoms with Crippen molar-refractivity contribution in [2.45, 2.75) is 18.2 Å². The predicted molar refractivity (Wildman–Crippen MR) is 103 cm³/mol. The molecule has 2 aromatic heterocycles. The molecule has 0 amide bonds. The lowest BCUT2D eigenvalue weighted by molar-refractivity contribution is 0.342. The fraction of sp³-hybridized carbons (Fsp3) is 0.278. The first kappa shape index (κ1) is 19.5. The first-order valence-corrected chi connectivity index (χ1v) is 10.2. The maximum Gasteiger partial charge on any atom is 0.244 e. The highest BCUT2D eigenvalue weighted by molar-refractivity contribution is 7.89. The third-order valence-electron chi connectivity index (χ3n) is 3.89. The number of nitrogens with zero attached hydrogens (tertiary/aromatic N) is 2. The molecule has 0 saturated carbocycles. The Balaban J connectivity index is 1.73. The molecule has 0 bridgehead atoms. The summed E-state index contributed by atoms with van der Waals surface area (Å²) in [4.78, 5) is 4.53. The van der Waals surface area contributed by atoms with Crippen molar-refractivity contribution in [3.05, 3.63) is 53.4 Å². The van der Waals surface area contributed by atoms with Crippen molar-refractivity contribution in [2.24, 2.45) is 0 Å². The van der Waals surface area contributed by atoms with Crippen LogP contribution < -0.4 is 14.2 Å². The van der Waals surface area contributed by atoms with Crippen molar-refractivity contribution in [3.63, 3.8) is 0 Å². The van der Waals surface area contributed by atoms with E-state index in [-0.39, 0.29) is 17.2 Å². The summed E-state index contributed by atoms with van der Waals surface area (Å²) >= 11 is 5.92. The highest BCUT2D eigenvalue weighted by Gasteiger charge is 2.20. The van der Waals surface area contributed by atoms with Gasteiger partial charge in [0.2, 0.25) is 10.0 Å². The number of halogens is 1. The van der Waals surface area contributed by atoms with Gasteiger partial charge in [0.05, 0.1) is 19.4 Å². The molecule has 2 heterocycles. The van der Waals surface area contributed by atoms with Crippen LogP contribution in [-0.2, 0) is 16.4 Å². The highest BCUT2D eigenvalue weighted by atomic mass is 35.5. The first-order valence-electron chi connectivity index (χ1n) is 8.37. The van der Waals surface area contributed by atoms with E-state index in [0.717, 1.165) is 5.69 Å². The van der Waals surface area contributed by atoms with Crippen molar-refractivity contribution < 1.29 is 17.9 Å². The van der Waals surface area contributed by atoms with Crippen molar-refractivity contribution in [1.82, 2.24) is 14.1 Å². The zero-order valence-corrected chi connectivity index (χ0v) is 16.5. The molecule has 0 aliphatic heterocycles. The largest absolute Gasteiger partial charge is 0.495 e. The van der Waals surface area contributed by atoms with Gasteiger partial charge in [-0.3, -0.25) is 0 Å². The van der Waals surface area contributed by atoms with Gasteiger partial charge in [-0.05, 0) is 37.3 Å². The Hall–Kier alpha value is -2.29. The Morgan fingerprint density at radius 2 is 2.07 bits per heavy atom. The number of methoxy groups -OCH3 is 1. The van der Waals surface area contributed by atoms with Gasteiger partial charge in [-0.25, -0.2) is 18.1 Å². The van der Waals surface area contributed by atoms with Crippen LogP contribution in [0.4, 0.5) is 0 Å². The van der Waals surface area contributed by atoms with Crippen LogP contribution in [0.1, 0.15) is 12.6 Å². The average Bonchev–Trinajstić information content (AvgIpc) is 3.06. The third-order valence-corrected chi connectivity index (χ3v) is 5.60. The summed E-state index contributed by atoms with van der Waals surface area (Å²) in [5, 5.41) is 0.319. The molecule has 0 spiro atoms. The molecule has 7 nitrogen and oxygen atoms in total. The smallest absolute Gasteiger partial charge is 0.244 e. The van der Waals surface area contributed by atoms with Gasteiger partial charge >= 0.3 is 0 Å².